The predicted octanol–water partition coefficient (Wildman–Crippen LogP) is 3.45. The largest absolute Gasteiger partial charge is 0.372 e. The fourth-order valence-corrected chi connectivity index (χ4v) is 3.39. The highest BCUT2D eigenvalue weighted by Gasteiger charge is 2.49. The van der Waals surface area contributed by atoms with Gasteiger partial charge in [0.1, 0.15) is 0 Å². The van der Waals surface area contributed by atoms with Crippen LogP contribution in [0.2, 0.25) is 0 Å². The van der Waals surface area contributed by atoms with Crippen molar-refractivity contribution < 1.29 is 4.74 Å². The molecule has 0 radical (unpaired) electrons. The Labute approximate surface area is 119 Å². The van der Waals surface area contributed by atoms with E-state index in [1.54, 1.807) is 0 Å². The molecular formula is C18H19NO. The Morgan fingerprint density at radius 1 is 0.950 bits per heavy atom. The number of nitrogens with two attached hydrogens (primary N) is 1. The van der Waals surface area contributed by atoms with Crippen LogP contribution in [-0.4, -0.2) is 0 Å². The molecule has 1 aliphatic carbocycles. The quantitative estimate of drug-likeness (QED) is 0.922. The number of fused-ring (bicyclic) bond motifs is 1. The van der Waals surface area contributed by atoms with Gasteiger partial charge in [-0.05, 0) is 35.1 Å². The lowest BCUT2D eigenvalue weighted by molar-refractivity contribution is 0.134. The van der Waals surface area contributed by atoms with Gasteiger partial charge in [-0.3, -0.25) is 0 Å². The highest BCUT2D eigenvalue weighted by Crippen LogP contribution is 2.55. The summed E-state index contributed by atoms with van der Waals surface area (Å²) in [7, 11) is 0. The lowest BCUT2D eigenvalue weighted by atomic mass is 9.84. The monoisotopic (exact) mass is 265 g/mol. The Morgan fingerprint density at radius 3 is 2.45 bits per heavy atom. The van der Waals surface area contributed by atoms with Gasteiger partial charge in [-0.25, -0.2) is 0 Å². The molecule has 2 N–H and O–H groups in total. The van der Waals surface area contributed by atoms with E-state index in [0.717, 1.165) is 13.2 Å². The summed E-state index contributed by atoms with van der Waals surface area (Å²) >= 11 is 0. The van der Waals surface area contributed by atoms with E-state index >= 15 is 0 Å². The Kier molecular flexibility index (Phi) is 2.69. The van der Waals surface area contributed by atoms with E-state index < -0.39 is 0 Å². The first-order valence-electron chi connectivity index (χ1n) is 7.30. The molecule has 1 aliphatic heterocycles. The van der Waals surface area contributed by atoms with Crippen LogP contribution in [0.15, 0.2) is 48.5 Å². The number of ether oxygens (including phenoxy) is 1. The van der Waals surface area contributed by atoms with Crippen LogP contribution in [0.3, 0.4) is 0 Å². The van der Waals surface area contributed by atoms with Gasteiger partial charge >= 0.3 is 0 Å². The van der Waals surface area contributed by atoms with Crippen molar-refractivity contribution in [3.63, 3.8) is 0 Å². The first kappa shape index (κ1) is 12.1. The summed E-state index contributed by atoms with van der Waals surface area (Å²) < 4.78 is 5.49. The molecule has 1 unspecified atom stereocenters. The van der Waals surface area contributed by atoms with E-state index in [1.807, 2.05) is 0 Å². The average Bonchev–Trinajstić information content (AvgIpc) is 3.18. The summed E-state index contributed by atoms with van der Waals surface area (Å²) in [6.45, 7) is 1.48. The highest BCUT2D eigenvalue weighted by atomic mass is 16.5. The minimum absolute atomic E-state index is 0.0794. The van der Waals surface area contributed by atoms with Crippen molar-refractivity contribution in [2.45, 2.75) is 37.5 Å². The van der Waals surface area contributed by atoms with E-state index in [1.165, 1.54) is 35.1 Å². The van der Waals surface area contributed by atoms with Gasteiger partial charge in [-0.15, -0.1) is 0 Å². The predicted molar refractivity (Wildman–Crippen MR) is 79.2 cm³/mol. The maximum Gasteiger partial charge on any atom is 0.0725 e. The van der Waals surface area contributed by atoms with E-state index in [9.17, 15) is 0 Å². The van der Waals surface area contributed by atoms with Crippen LogP contribution < -0.4 is 5.73 Å². The molecule has 2 aliphatic rings. The molecule has 0 saturated heterocycles. The lowest BCUT2D eigenvalue weighted by Gasteiger charge is -2.24. The zero-order valence-corrected chi connectivity index (χ0v) is 11.5. The average molecular weight is 265 g/mol. The van der Waals surface area contributed by atoms with Gasteiger partial charge in [-0.2, -0.15) is 0 Å². The fourth-order valence-electron chi connectivity index (χ4n) is 3.39. The van der Waals surface area contributed by atoms with Crippen molar-refractivity contribution in [3.8, 4) is 0 Å². The third-order valence-corrected chi connectivity index (χ3v) is 4.84. The van der Waals surface area contributed by atoms with Gasteiger partial charge in [0.25, 0.3) is 0 Å². The maximum atomic E-state index is 6.62. The number of benzene rings is 2. The SMILES string of the molecule is NC(c1ccc2c(c1)COC2)C1(c2ccccc2)CC1. The lowest BCUT2D eigenvalue weighted by Crippen LogP contribution is -2.26. The summed E-state index contributed by atoms with van der Waals surface area (Å²) in [5, 5.41) is 0. The zero-order chi connectivity index (χ0) is 13.6. The molecule has 0 bridgehead atoms. The Morgan fingerprint density at radius 2 is 1.70 bits per heavy atom. The topological polar surface area (TPSA) is 35.2 Å². The molecule has 2 aromatic rings. The van der Waals surface area contributed by atoms with E-state index in [0.29, 0.717) is 0 Å². The molecule has 1 heterocycles. The molecule has 1 saturated carbocycles. The van der Waals surface area contributed by atoms with Crippen molar-refractivity contribution in [3.05, 3.63) is 70.8 Å². The van der Waals surface area contributed by atoms with Crippen molar-refractivity contribution >= 4 is 0 Å². The van der Waals surface area contributed by atoms with Crippen LogP contribution in [0, 0.1) is 0 Å². The van der Waals surface area contributed by atoms with Crippen molar-refractivity contribution in [1.29, 1.82) is 0 Å². The van der Waals surface area contributed by atoms with Crippen LogP contribution in [-0.2, 0) is 23.4 Å². The third kappa shape index (κ3) is 1.80. The third-order valence-electron chi connectivity index (χ3n) is 4.84. The number of rotatable bonds is 3. The summed E-state index contributed by atoms with van der Waals surface area (Å²) in [5.74, 6) is 0. The van der Waals surface area contributed by atoms with Crippen LogP contribution in [0.4, 0.5) is 0 Å². The Balaban J connectivity index is 1.69. The van der Waals surface area contributed by atoms with E-state index in [-0.39, 0.29) is 11.5 Å². The van der Waals surface area contributed by atoms with E-state index in [4.69, 9.17) is 10.5 Å². The molecule has 102 valence electrons. The molecular weight excluding hydrogens is 246 g/mol. The van der Waals surface area contributed by atoms with Crippen LogP contribution >= 0.6 is 0 Å². The van der Waals surface area contributed by atoms with Gasteiger partial charge < -0.3 is 10.5 Å². The Hall–Kier alpha value is -1.64. The van der Waals surface area contributed by atoms with Crippen molar-refractivity contribution in [1.82, 2.24) is 0 Å². The molecule has 20 heavy (non-hydrogen) atoms. The molecule has 0 amide bonds. The van der Waals surface area contributed by atoms with Gasteiger partial charge in [0.2, 0.25) is 0 Å². The molecule has 1 fully saturated rings. The molecule has 0 spiro atoms. The Bertz CT molecular complexity index is 631. The minimum atomic E-state index is 0.0794. The van der Waals surface area contributed by atoms with Crippen LogP contribution in [0.25, 0.3) is 0 Å². The molecule has 4 rings (SSSR count). The van der Waals surface area contributed by atoms with Gasteiger partial charge in [-0.1, -0.05) is 48.5 Å². The second-order valence-corrected chi connectivity index (χ2v) is 6.02. The minimum Gasteiger partial charge on any atom is -0.372 e. The molecule has 0 aromatic heterocycles. The highest BCUT2D eigenvalue weighted by molar-refractivity contribution is 5.41. The number of hydrogen-bond donors (Lipinski definition) is 1. The van der Waals surface area contributed by atoms with Gasteiger partial charge in [0.15, 0.2) is 0 Å². The number of hydrogen-bond acceptors (Lipinski definition) is 2. The van der Waals surface area contributed by atoms with E-state index in [2.05, 4.69) is 48.5 Å². The first-order valence-corrected chi connectivity index (χ1v) is 7.30. The van der Waals surface area contributed by atoms with Crippen molar-refractivity contribution in [2.75, 3.05) is 0 Å². The summed E-state index contributed by atoms with van der Waals surface area (Å²) in [6, 6.07) is 17.4. The molecule has 2 nitrogen and oxygen atoms in total. The molecule has 2 aromatic carbocycles. The fraction of sp³-hybridized carbons (Fsp3) is 0.333. The molecule has 1 atom stereocenters. The smallest absolute Gasteiger partial charge is 0.0725 e. The zero-order valence-electron chi connectivity index (χ0n) is 11.5. The van der Waals surface area contributed by atoms with Crippen LogP contribution in [0.5, 0.6) is 0 Å². The second-order valence-electron chi connectivity index (χ2n) is 6.02. The second kappa shape index (κ2) is 4.44. The standard InChI is InChI=1S/C18H19NO/c19-17(13-6-7-14-11-20-12-15(14)10-13)18(8-9-18)16-4-2-1-3-5-16/h1-7,10,17H,8-9,11-12,19H2. The normalized spacial score (nSPS) is 20.4. The van der Waals surface area contributed by atoms with Crippen molar-refractivity contribution in [2.24, 2.45) is 5.73 Å². The molecule has 2 heteroatoms. The first-order chi connectivity index (χ1) is 9.79. The maximum absolute atomic E-state index is 6.62. The summed E-state index contributed by atoms with van der Waals surface area (Å²) in [5.41, 5.74) is 12.0. The summed E-state index contributed by atoms with van der Waals surface area (Å²) in [4.78, 5) is 0. The van der Waals surface area contributed by atoms with Gasteiger partial charge in [0, 0.05) is 11.5 Å². The van der Waals surface area contributed by atoms with Gasteiger partial charge in [0.05, 0.1) is 13.2 Å². The van der Waals surface area contributed by atoms with Crippen LogP contribution in [0.1, 0.15) is 41.1 Å². The summed E-state index contributed by atoms with van der Waals surface area (Å²) in [6.07, 6.45) is 2.37.